The summed E-state index contributed by atoms with van der Waals surface area (Å²) < 4.78 is 33.1. The van der Waals surface area contributed by atoms with Gasteiger partial charge in [-0.25, -0.2) is 8.42 Å². The van der Waals surface area contributed by atoms with E-state index in [2.05, 4.69) is 0 Å². The topological polar surface area (TPSA) is 93.5 Å². The number of hydrogen-bond acceptors (Lipinski definition) is 6. The van der Waals surface area contributed by atoms with Crippen LogP contribution in [-0.4, -0.2) is 39.9 Å². The Labute approximate surface area is 124 Å². The number of benzene rings is 1. The lowest BCUT2D eigenvalue weighted by atomic mass is 9.94. The van der Waals surface area contributed by atoms with Crippen molar-refractivity contribution in [3.63, 3.8) is 0 Å². The molecule has 0 fully saturated rings. The number of nitrogens with zero attached hydrogens (tertiary/aromatic N) is 1. The van der Waals surface area contributed by atoms with E-state index in [1.807, 2.05) is 6.07 Å². The monoisotopic (exact) mass is 311 g/mol. The van der Waals surface area contributed by atoms with Crippen molar-refractivity contribution in [1.29, 1.82) is 5.26 Å². The highest BCUT2D eigenvalue weighted by molar-refractivity contribution is 7.92. The molecule has 0 radical (unpaired) electrons. The third-order valence-electron chi connectivity index (χ3n) is 3.20. The second-order valence-corrected chi connectivity index (χ2v) is 6.92. The van der Waals surface area contributed by atoms with Gasteiger partial charge < -0.3 is 9.47 Å². The number of carbonyl (C=O) groups excluding carboxylic acids is 1. The predicted octanol–water partition coefficient (Wildman–Crippen LogP) is 1.31. The van der Waals surface area contributed by atoms with Gasteiger partial charge in [-0.15, -0.1) is 0 Å². The molecule has 7 heteroatoms. The van der Waals surface area contributed by atoms with Crippen molar-refractivity contribution >= 4 is 15.6 Å². The Hall–Kier alpha value is -2.07. The number of nitriles is 1. The number of ketones is 1. The molecule has 0 aliphatic rings. The average molecular weight is 311 g/mol. The molecule has 0 aliphatic carbocycles. The molecule has 0 saturated heterocycles. The zero-order valence-electron chi connectivity index (χ0n) is 12.3. The SMILES string of the molecule is COc1ccc(C(C#N)C(=O)C(C)S(C)(=O)=O)cc1OC. The summed E-state index contributed by atoms with van der Waals surface area (Å²) in [5, 5.41) is 7.98. The van der Waals surface area contributed by atoms with Crippen LogP contribution in [0.5, 0.6) is 11.5 Å². The van der Waals surface area contributed by atoms with Crippen molar-refractivity contribution in [3.05, 3.63) is 23.8 Å². The maximum atomic E-state index is 12.2. The first-order valence-electron chi connectivity index (χ1n) is 6.10. The maximum Gasteiger partial charge on any atom is 0.172 e. The van der Waals surface area contributed by atoms with E-state index in [1.54, 1.807) is 12.1 Å². The van der Waals surface area contributed by atoms with E-state index < -0.39 is 26.8 Å². The molecular weight excluding hydrogens is 294 g/mol. The van der Waals surface area contributed by atoms with Crippen molar-refractivity contribution in [3.8, 4) is 17.6 Å². The lowest BCUT2D eigenvalue weighted by Gasteiger charge is -2.15. The van der Waals surface area contributed by atoms with E-state index in [-0.39, 0.29) is 0 Å². The number of hydrogen-bond donors (Lipinski definition) is 0. The average Bonchev–Trinajstić information content (AvgIpc) is 2.45. The van der Waals surface area contributed by atoms with E-state index in [0.29, 0.717) is 17.1 Å². The Morgan fingerprint density at radius 2 is 1.81 bits per heavy atom. The highest BCUT2D eigenvalue weighted by Gasteiger charge is 2.31. The number of rotatable bonds is 6. The van der Waals surface area contributed by atoms with Gasteiger partial charge in [-0.2, -0.15) is 5.26 Å². The van der Waals surface area contributed by atoms with Crippen LogP contribution >= 0.6 is 0 Å². The lowest BCUT2D eigenvalue weighted by molar-refractivity contribution is -0.118. The fourth-order valence-corrected chi connectivity index (χ4v) is 2.34. The van der Waals surface area contributed by atoms with Crippen LogP contribution in [0.3, 0.4) is 0 Å². The Morgan fingerprint density at radius 1 is 1.24 bits per heavy atom. The summed E-state index contributed by atoms with van der Waals surface area (Å²) >= 11 is 0. The molecule has 0 spiro atoms. The van der Waals surface area contributed by atoms with Gasteiger partial charge in [0.15, 0.2) is 27.1 Å². The molecule has 1 rings (SSSR count). The maximum absolute atomic E-state index is 12.2. The minimum absolute atomic E-state index is 0.370. The van der Waals surface area contributed by atoms with Gasteiger partial charge in [-0.05, 0) is 24.6 Å². The van der Waals surface area contributed by atoms with Crippen LogP contribution < -0.4 is 9.47 Å². The molecule has 0 aromatic heterocycles. The van der Waals surface area contributed by atoms with Crippen LogP contribution in [0.2, 0.25) is 0 Å². The molecule has 2 atom stereocenters. The van der Waals surface area contributed by atoms with Gasteiger partial charge in [0.1, 0.15) is 11.2 Å². The second-order valence-electron chi connectivity index (χ2n) is 4.55. The molecule has 1 aromatic carbocycles. The number of methoxy groups -OCH3 is 2. The molecule has 0 bridgehead atoms. The van der Waals surface area contributed by atoms with Crippen molar-refractivity contribution in [2.24, 2.45) is 0 Å². The van der Waals surface area contributed by atoms with Crippen molar-refractivity contribution in [2.75, 3.05) is 20.5 Å². The molecule has 21 heavy (non-hydrogen) atoms. The molecule has 0 aliphatic heterocycles. The molecule has 0 saturated carbocycles. The van der Waals surface area contributed by atoms with Gasteiger partial charge in [0.05, 0.1) is 20.3 Å². The van der Waals surface area contributed by atoms with Crippen LogP contribution in [0.4, 0.5) is 0 Å². The van der Waals surface area contributed by atoms with Gasteiger partial charge in [0, 0.05) is 6.26 Å². The van der Waals surface area contributed by atoms with Crippen LogP contribution in [0, 0.1) is 11.3 Å². The smallest absolute Gasteiger partial charge is 0.172 e. The number of carbonyl (C=O) groups is 1. The molecular formula is C14H17NO5S. The minimum Gasteiger partial charge on any atom is -0.493 e. The van der Waals surface area contributed by atoms with Crippen molar-refractivity contribution in [2.45, 2.75) is 18.1 Å². The van der Waals surface area contributed by atoms with E-state index in [1.165, 1.54) is 27.2 Å². The zero-order chi connectivity index (χ0) is 16.2. The standard InChI is InChI=1S/C14H17NO5S/c1-9(21(4,17)18)14(16)11(8-15)10-5-6-12(19-2)13(7-10)20-3/h5-7,9,11H,1-4H3. The van der Waals surface area contributed by atoms with Gasteiger partial charge >= 0.3 is 0 Å². The van der Waals surface area contributed by atoms with E-state index in [9.17, 15) is 18.5 Å². The van der Waals surface area contributed by atoms with Gasteiger partial charge in [-0.1, -0.05) is 6.07 Å². The first-order valence-corrected chi connectivity index (χ1v) is 8.05. The highest BCUT2D eigenvalue weighted by atomic mass is 32.2. The zero-order valence-corrected chi connectivity index (χ0v) is 13.1. The first kappa shape index (κ1) is 17.0. The summed E-state index contributed by atoms with van der Waals surface area (Å²) in [6.45, 7) is 1.28. The number of ether oxygens (including phenoxy) is 2. The molecule has 6 nitrogen and oxygen atoms in total. The minimum atomic E-state index is -3.55. The predicted molar refractivity (Wildman–Crippen MR) is 77.2 cm³/mol. The fraction of sp³-hybridized carbons (Fsp3) is 0.429. The van der Waals surface area contributed by atoms with Crippen LogP contribution in [-0.2, 0) is 14.6 Å². The largest absolute Gasteiger partial charge is 0.493 e. The molecule has 0 amide bonds. The summed E-state index contributed by atoms with van der Waals surface area (Å²) in [5.74, 6) is -1.00. The summed E-state index contributed by atoms with van der Waals surface area (Å²) in [7, 11) is -0.647. The summed E-state index contributed by atoms with van der Waals surface area (Å²) in [6, 6.07) is 6.46. The Morgan fingerprint density at radius 3 is 2.24 bits per heavy atom. The molecule has 2 unspecified atom stereocenters. The van der Waals surface area contributed by atoms with Gasteiger partial charge in [-0.3, -0.25) is 4.79 Å². The van der Waals surface area contributed by atoms with Gasteiger partial charge in [0.25, 0.3) is 0 Å². The first-order chi connectivity index (χ1) is 9.76. The Kier molecular flexibility index (Phi) is 5.33. The van der Waals surface area contributed by atoms with E-state index >= 15 is 0 Å². The Bertz CT molecular complexity index is 675. The van der Waals surface area contributed by atoms with Crippen LogP contribution in [0.15, 0.2) is 18.2 Å². The number of sulfone groups is 1. The fourth-order valence-electron chi connectivity index (χ4n) is 1.78. The van der Waals surface area contributed by atoms with Crippen LogP contribution in [0.25, 0.3) is 0 Å². The molecule has 1 aromatic rings. The summed E-state index contributed by atoms with van der Waals surface area (Å²) in [4.78, 5) is 12.2. The highest BCUT2D eigenvalue weighted by Crippen LogP contribution is 2.31. The summed E-state index contributed by atoms with van der Waals surface area (Å²) in [5.41, 5.74) is 0.371. The molecule has 114 valence electrons. The van der Waals surface area contributed by atoms with E-state index in [0.717, 1.165) is 6.26 Å². The quantitative estimate of drug-likeness (QED) is 0.786. The third kappa shape index (κ3) is 3.73. The Balaban J connectivity index is 3.23. The van der Waals surface area contributed by atoms with Crippen molar-refractivity contribution in [1.82, 2.24) is 0 Å². The van der Waals surface area contributed by atoms with Crippen LogP contribution in [0.1, 0.15) is 18.4 Å². The van der Waals surface area contributed by atoms with E-state index in [4.69, 9.17) is 9.47 Å². The lowest BCUT2D eigenvalue weighted by Crippen LogP contribution is -2.30. The molecule has 0 N–H and O–H groups in total. The van der Waals surface area contributed by atoms with Crippen molar-refractivity contribution < 1.29 is 22.7 Å². The number of Topliss-reactive ketones (excluding diaryl/α,β-unsaturated/α-hetero) is 1. The second kappa shape index (κ2) is 6.59. The normalized spacial score (nSPS) is 13.9. The van der Waals surface area contributed by atoms with Gasteiger partial charge in [0.2, 0.25) is 0 Å². The third-order valence-corrected chi connectivity index (χ3v) is 4.71. The molecule has 0 heterocycles. The summed E-state index contributed by atoms with van der Waals surface area (Å²) in [6.07, 6.45) is 0.971.